The van der Waals surface area contributed by atoms with E-state index < -0.39 is 10.5 Å². The van der Waals surface area contributed by atoms with Crippen LogP contribution in [0.15, 0.2) is 12.3 Å². The van der Waals surface area contributed by atoms with Crippen LogP contribution in [0.25, 0.3) is 0 Å². The van der Waals surface area contributed by atoms with E-state index in [1.807, 2.05) is 6.92 Å². The molecule has 0 aliphatic carbocycles. The van der Waals surface area contributed by atoms with Gasteiger partial charge in [-0.2, -0.15) is 0 Å². The number of hydrogen-bond acceptors (Lipinski definition) is 5. The maximum atomic E-state index is 10.9. The Hall–Kier alpha value is -1.69. The zero-order valence-corrected chi connectivity index (χ0v) is 10.9. The fourth-order valence-electron chi connectivity index (χ4n) is 1.73. The Morgan fingerprint density at radius 3 is 2.83 bits per heavy atom. The lowest BCUT2D eigenvalue weighted by Crippen LogP contribution is -2.33. The lowest BCUT2D eigenvalue weighted by atomic mass is 10.0. The average molecular weight is 253 g/mol. The Morgan fingerprint density at radius 1 is 1.61 bits per heavy atom. The lowest BCUT2D eigenvalue weighted by molar-refractivity contribution is -0.384. The molecule has 100 valence electrons. The molecule has 2 N–H and O–H groups in total. The fourth-order valence-corrected chi connectivity index (χ4v) is 1.73. The molecule has 0 aromatic carbocycles. The third-order valence-corrected chi connectivity index (χ3v) is 2.63. The highest BCUT2D eigenvalue weighted by Gasteiger charge is 2.22. The van der Waals surface area contributed by atoms with Crippen LogP contribution >= 0.6 is 0 Å². The third kappa shape index (κ3) is 3.96. The van der Waals surface area contributed by atoms with E-state index in [9.17, 15) is 15.2 Å². The van der Waals surface area contributed by atoms with Gasteiger partial charge in [0.15, 0.2) is 0 Å². The number of aliphatic hydroxyl groups is 1. The van der Waals surface area contributed by atoms with Gasteiger partial charge in [0, 0.05) is 18.8 Å². The van der Waals surface area contributed by atoms with E-state index in [1.165, 1.54) is 6.07 Å². The first-order valence-electron chi connectivity index (χ1n) is 5.93. The van der Waals surface area contributed by atoms with Crippen LogP contribution in [0.2, 0.25) is 0 Å². The van der Waals surface area contributed by atoms with Crippen LogP contribution in [0.5, 0.6) is 0 Å². The number of anilines is 1. The van der Waals surface area contributed by atoms with E-state index in [4.69, 9.17) is 0 Å². The molecule has 6 heteroatoms. The van der Waals surface area contributed by atoms with Gasteiger partial charge in [0.2, 0.25) is 5.82 Å². The summed E-state index contributed by atoms with van der Waals surface area (Å²) in [5, 5.41) is 23.7. The zero-order chi connectivity index (χ0) is 13.8. The molecule has 1 atom stereocenters. The van der Waals surface area contributed by atoms with Crippen molar-refractivity contribution in [3.8, 4) is 0 Å². The zero-order valence-electron chi connectivity index (χ0n) is 10.9. The van der Waals surface area contributed by atoms with Crippen LogP contribution in [0, 0.1) is 17.0 Å². The van der Waals surface area contributed by atoms with E-state index in [0.717, 1.165) is 12.0 Å². The van der Waals surface area contributed by atoms with Crippen LogP contribution < -0.4 is 5.32 Å². The molecule has 0 fully saturated rings. The van der Waals surface area contributed by atoms with Crippen molar-refractivity contribution in [3.63, 3.8) is 0 Å². The topological polar surface area (TPSA) is 88.3 Å². The molecular formula is C12H19N3O3. The van der Waals surface area contributed by atoms with Crippen LogP contribution in [0.3, 0.4) is 0 Å². The maximum Gasteiger partial charge on any atom is 0.311 e. The molecule has 0 saturated carbocycles. The quantitative estimate of drug-likeness (QED) is 0.599. The molecule has 0 radical (unpaired) electrons. The van der Waals surface area contributed by atoms with Crippen LogP contribution in [0.1, 0.15) is 32.3 Å². The second-order valence-electron chi connectivity index (χ2n) is 4.74. The van der Waals surface area contributed by atoms with Crippen molar-refractivity contribution in [1.29, 1.82) is 0 Å². The summed E-state index contributed by atoms with van der Waals surface area (Å²) in [7, 11) is 0. The number of aryl methyl sites for hydroxylation is 1. The molecule has 0 aliphatic heterocycles. The molecule has 1 rings (SSSR count). The van der Waals surface area contributed by atoms with Gasteiger partial charge in [-0.15, -0.1) is 0 Å². The van der Waals surface area contributed by atoms with Crippen molar-refractivity contribution in [2.75, 3.05) is 11.9 Å². The van der Waals surface area contributed by atoms with Gasteiger partial charge in [0.25, 0.3) is 0 Å². The number of nitro groups is 1. The molecule has 0 spiro atoms. The van der Waals surface area contributed by atoms with Gasteiger partial charge in [-0.1, -0.05) is 13.3 Å². The van der Waals surface area contributed by atoms with E-state index >= 15 is 0 Å². The number of aromatic nitrogens is 1. The standard InChI is InChI=1S/C12H19N3O3/c1-4-5-12(3,16)8-14-11-10(15(17)18)6-9(2)7-13-11/h6-7,16H,4-5,8H2,1-3H3,(H,13,14). The first kappa shape index (κ1) is 14.4. The highest BCUT2D eigenvalue weighted by molar-refractivity contribution is 5.56. The molecule has 6 nitrogen and oxygen atoms in total. The van der Waals surface area contributed by atoms with Gasteiger partial charge in [0.1, 0.15) is 0 Å². The van der Waals surface area contributed by atoms with Gasteiger partial charge in [-0.25, -0.2) is 4.98 Å². The molecular weight excluding hydrogens is 234 g/mol. The normalized spacial score (nSPS) is 14.0. The number of hydrogen-bond donors (Lipinski definition) is 2. The summed E-state index contributed by atoms with van der Waals surface area (Å²) in [6.07, 6.45) is 3.03. The third-order valence-electron chi connectivity index (χ3n) is 2.63. The molecule has 1 heterocycles. The second kappa shape index (κ2) is 5.77. The van der Waals surface area contributed by atoms with Crippen molar-refractivity contribution in [1.82, 2.24) is 4.98 Å². The highest BCUT2D eigenvalue weighted by atomic mass is 16.6. The van der Waals surface area contributed by atoms with Crippen LogP contribution in [-0.2, 0) is 0 Å². The molecule has 0 bridgehead atoms. The molecule has 0 aliphatic rings. The predicted molar refractivity (Wildman–Crippen MR) is 69.6 cm³/mol. The number of pyridine rings is 1. The average Bonchev–Trinajstić information content (AvgIpc) is 2.27. The monoisotopic (exact) mass is 253 g/mol. The largest absolute Gasteiger partial charge is 0.388 e. The van der Waals surface area contributed by atoms with E-state index in [-0.39, 0.29) is 18.1 Å². The number of rotatable bonds is 6. The minimum atomic E-state index is -0.894. The molecule has 1 unspecified atom stereocenters. The van der Waals surface area contributed by atoms with Crippen LogP contribution in [0.4, 0.5) is 11.5 Å². The fraction of sp³-hybridized carbons (Fsp3) is 0.583. The van der Waals surface area contributed by atoms with E-state index in [0.29, 0.717) is 6.42 Å². The molecule has 18 heavy (non-hydrogen) atoms. The van der Waals surface area contributed by atoms with Gasteiger partial charge >= 0.3 is 5.69 Å². The lowest BCUT2D eigenvalue weighted by Gasteiger charge is -2.23. The number of nitrogens with one attached hydrogen (secondary N) is 1. The van der Waals surface area contributed by atoms with Crippen molar-refractivity contribution in [3.05, 3.63) is 27.9 Å². The number of nitrogens with zero attached hydrogens (tertiary/aromatic N) is 2. The van der Waals surface area contributed by atoms with E-state index in [1.54, 1.807) is 20.0 Å². The molecule has 1 aromatic rings. The van der Waals surface area contributed by atoms with Crippen molar-refractivity contribution < 1.29 is 10.0 Å². The Bertz CT molecular complexity index is 433. The highest BCUT2D eigenvalue weighted by Crippen LogP contribution is 2.23. The van der Waals surface area contributed by atoms with Gasteiger partial charge in [-0.3, -0.25) is 10.1 Å². The second-order valence-corrected chi connectivity index (χ2v) is 4.74. The summed E-state index contributed by atoms with van der Waals surface area (Å²) in [4.78, 5) is 14.4. The van der Waals surface area contributed by atoms with Crippen molar-refractivity contribution in [2.45, 2.75) is 39.2 Å². The maximum absolute atomic E-state index is 10.9. The molecule has 1 aromatic heterocycles. The smallest absolute Gasteiger partial charge is 0.311 e. The van der Waals surface area contributed by atoms with Gasteiger partial charge in [-0.05, 0) is 25.8 Å². The van der Waals surface area contributed by atoms with Crippen LogP contribution in [-0.4, -0.2) is 27.2 Å². The minimum absolute atomic E-state index is 0.0673. The van der Waals surface area contributed by atoms with Gasteiger partial charge in [0.05, 0.1) is 10.5 Å². The van der Waals surface area contributed by atoms with E-state index in [2.05, 4.69) is 10.3 Å². The molecule has 0 saturated heterocycles. The predicted octanol–water partition coefficient (Wildman–Crippen LogP) is 2.26. The first-order valence-corrected chi connectivity index (χ1v) is 5.93. The Balaban J connectivity index is 2.82. The summed E-state index contributed by atoms with van der Waals surface area (Å²) in [5.74, 6) is 0.196. The summed E-state index contributed by atoms with van der Waals surface area (Å²) in [5.41, 5.74) is -0.232. The molecule has 0 amide bonds. The summed E-state index contributed by atoms with van der Waals surface area (Å²) < 4.78 is 0. The summed E-state index contributed by atoms with van der Waals surface area (Å²) >= 11 is 0. The van der Waals surface area contributed by atoms with Crippen molar-refractivity contribution in [2.24, 2.45) is 0 Å². The van der Waals surface area contributed by atoms with Crippen molar-refractivity contribution >= 4 is 11.5 Å². The first-order chi connectivity index (χ1) is 8.35. The Kier molecular flexibility index (Phi) is 4.61. The Morgan fingerprint density at radius 2 is 2.28 bits per heavy atom. The summed E-state index contributed by atoms with van der Waals surface area (Å²) in [6, 6.07) is 1.46. The van der Waals surface area contributed by atoms with Gasteiger partial charge < -0.3 is 10.4 Å². The SMILES string of the molecule is CCCC(C)(O)CNc1ncc(C)cc1[N+](=O)[O-]. The minimum Gasteiger partial charge on any atom is -0.388 e. The summed E-state index contributed by atoms with van der Waals surface area (Å²) in [6.45, 7) is 5.65. The Labute approximate surface area is 106 Å².